The van der Waals surface area contributed by atoms with Crippen molar-refractivity contribution < 1.29 is 13.9 Å². The van der Waals surface area contributed by atoms with E-state index >= 15 is 0 Å². The molecule has 1 atom stereocenters. The number of aromatic nitrogens is 1. The Hall–Kier alpha value is -4.09. The monoisotopic (exact) mass is 510 g/mol. The summed E-state index contributed by atoms with van der Waals surface area (Å²) < 4.78 is 11.9. The molecule has 5 rings (SSSR count). The van der Waals surface area contributed by atoms with Gasteiger partial charge in [-0.15, -0.1) is 0 Å². The minimum Gasteiger partial charge on any atom is -0.489 e. The number of nitrogens with one attached hydrogen (secondary N) is 1. The third-order valence-corrected chi connectivity index (χ3v) is 6.73. The molecule has 5 nitrogen and oxygen atoms in total. The molecule has 186 valence electrons. The van der Waals surface area contributed by atoms with Gasteiger partial charge in [0.15, 0.2) is 5.58 Å². The Morgan fingerprint density at radius 1 is 1.00 bits per heavy atom. The second kappa shape index (κ2) is 10.9. The van der Waals surface area contributed by atoms with E-state index in [0.29, 0.717) is 40.4 Å². The fourth-order valence-electron chi connectivity index (χ4n) is 4.03. The van der Waals surface area contributed by atoms with Crippen LogP contribution in [0.15, 0.2) is 95.4 Å². The van der Waals surface area contributed by atoms with Gasteiger partial charge in [-0.2, -0.15) is 0 Å². The zero-order valence-corrected chi connectivity index (χ0v) is 21.5. The molecule has 0 aliphatic rings. The molecule has 1 aromatic heterocycles. The molecule has 0 bridgehead atoms. The van der Waals surface area contributed by atoms with Gasteiger partial charge in [-0.1, -0.05) is 67.9 Å². The van der Waals surface area contributed by atoms with Crippen molar-refractivity contribution in [1.82, 2.24) is 4.98 Å². The van der Waals surface area contributed by atoms with Crippen molar-refractivity contribution in [1.29, 1.82) is 0 Å². The van der Waals surface area contributed by atoms with Crippen molar-refractivity contribution in [2.45, 2.75) is 32.8 Å². The van der Waals surface area contributed by atoms with Crippen LogP contribution < -0.4 is 10.1 Å². The number of hydrogen-bond donors (Lipinski definition) is 1. The molecule has 1 amide bonds. The van der Waals surface area contributed by atoms with Crippen LogP contribution in [0.2, 0.25) is 5.02 Å². The first-order valence-electron chi connectivity index (χ1n) is 12.3. The van der Waals surface area contributed by atoms with E-state index in [1.54, 1.807) is 30.3 Å². The van der Waals surface area contributed by atoms with Gasteiger partial charge in [-0.25, -0.2) is 4.98 Å². The van der Waals surface area contributed by atoms with E-state index in [4.69, 9.17) is 20.8 Å². The highest BCUT2D eigenvalue weighted by molar-refractivity contribution is 6.34. The maximum atomic E-state index is 13.0. The number of rotatable bonds is 8. The van der Waals surface area contributed by atoms with Crippen LogP contribution in [0.5, 0.6) is 5.75 Å². The maximum absolute atomic E-state index is 13.0. The highest BCUT2D eigenvalue weighted by Crippen LogP contribution is 2.32. The zero-order chi connectivity index (χ0) is 25.8. The quantitative estimate of drug-likeness (QED) is 0.227. The van der Waals surface area contributed by atoms with Crippen LogP contribution in [-0.2, 0) is 6.61 Å². The lowest BCUT2D eigenvalue weighted by Gasteiger charge is -2.10. The van der Waals surface area contributed by atoms with Crippen LogP contribution >= 0.6 is 11.6 Å². The normalized spacial score (nSPS) is 11.9. The molecule has 0 fully saturated rings. The maximum Gasteiger partial charge on any atom is 0.255 e. The largest absolute Gasteiger partial charge is 0.489 e. The number of anilines is 1. The molecule has 0 saturated heterocycles. The van der Waals surface area contributed by atoms with Crippen LogP contribution in [0.1, 0.15) is 47.7 Å². The third-order valence-electron chi connectivity index (χ3n) is 6.40. The first kappa shape index (κ1) is 24.6. The number of carbonyl (C=O) groups excluding carboxylic acids is 1. The topological polar surface area (TPSA) is 64.4 Å². The Balaban J connectivity index is 1.34. The average Bonchev–Trinajstić information content (AvgIpc) is 3.37. The van der Waals surface area contributed by atoms with Gasteiger partial charge in [0.1, 0.15) is 17.9 Å². The van der Waals surface area contributed by atoms with Gasteiger partial charge in [-0.05, 0) is 72.0 Å². The van der Waals surface area contributed by atoms with Crippen molar-refractivity contribution in [2.24, 2.45) is 0 Å². The molecule has 4 aromatic carbocycles. The van der Waals surface area contributed by atoms with Crippen molar-refractivity contribution in [3.63, 3.8) is 0 Å². The summed E-state index contributed by atoms with van der Waals surface area (Å²) in [6.45, 7) is 4.78. The number of hydrogen-bond acceptors (Lipinski definition) is 4. The summed E-state index contributed by atoms with van der Waals surface area (Å²) >= 11 is 6.42. The number of amides is 1. The van der Waals surface area contributed by atoms with Gasteiger partial charge in [0.05, 0.1) is 10.7 Å². The Morgan fingerprint density at radius 2 is 1.84 bits per heavy atom. The molecule has 0 aliphatic carbocycles. The smallest absolute Gasteiger partial charge is 0.255 e. The Kier molecular flexibility index (Phi) is 7.24. The summed E-state index contributed by atoms with van der Waals surface area (Å²) in [5, 5.41) is 3.33. The molecule has 0 unspecified atom stereocenters. The number of ether oxygens (including phenoxy) is 1. The van der Waals surface area contributed by atoms with E-state index < -0.39 is 0 Å². The molecule has 1 N–H and O–H groups in total. The van der Waals surface area contributed by atoms with Gasteiger partial charge < -0.3 is 14.5 Å². The molecule has 5 aromatic rings. The first-order chi connectivity index (χ1) is 18.0. The van der Waals surface area contributed by atoms with E-state index in [9.17, 15) is 4.79 Å². The molecular weight excluding hydrogens is 484 g/mol. The number of halogens is 1. The number of nitrogens with zero attached hydrogens (tertiary/aromatic N) is 1. The third kappa shape index (κ3) is 5.68. The zero-order valence-electron chi connectivity index (χ0n) is 20.7. The molecule has 0 aliphatic heterocycles. The lowest BCUT2D eigenvalue weighted by molar-refractivity contribution is 0.102. The van der Waals surface area contributed by atoms with Crippen molar-refractivity contribution in [2.75, 3.05) is 5.32 Å². The molecule has 1 heterocycles. The van der Waals surface area contributed by atoms with E-state index in [0.717, 1.165) is 28.6 Å². The van der Waals surface area contributed by atoms with Crippen LogP contribution in [-0.4, -0.2) is 10.9 Å². The van der Waals surface area contributed by atoms with E-state index in [1.807, 2.05) is 48.5 Å². The van der Waals surface area contributed by atoms with Crippen LogP contribution in [0.3, 0.4) is 0 Å². The summed E-state index contributed by atoms with van der Waals surface area (Å²) in [7, 11) is 0. The standard InChI is InChI=1S/C31H27ClN2O3/c1-3-20(2)22-13-15-29-28(17-22)34-31(37-29)24-12-14-26(32)27(18-24)33-30(35)23-10-7-11-25(16-23)36-19-21-8-5-4-6-9-21/h4-18,20H,3,19H2,1-2H3,(H,33,35)/t20-/m0/s1. The van der Waals surface area contributed by atoms with Gasteiger partial charge in [0, 0.05) is 11.1 Å². The molecule has 0 radical (unpaired) electrons. The van der Waals surface area contributed by atoms with Crippen LogP contribution in [0.4, 0.5) is 5.69 Å². The van der Waals surface area contributed by atoms with Crippen LogP contribution in [0, 0.1) is 0 Å². The second-order valence-electron chi connectivity index (χ2n) is 9.01. The fraction of sp³-hybridized carbons (Fsp3) is 0.161. The first-order valence-corrected chi connectivity index (χ1v) is 12.7. The van der Waals surface area contributed by atoms with Gasteiger partial charge in [-0.3, -0.25) is 4.79 Å². The predicted octanol–water partition coefficient (Wildman–Crippen LogP) is 8.49. The minimum atomic E-state index is -0.292. The highest BCUT2D eigenvalue weighted by Gasteiger charge is 2.15. The van der Waals surface area contributed by atoms with Crippen molar-refractivity contribution in [3.8, 4) is 17.2 Å². The van der Waals surface area contributed by atoms with Crippen LogP contribution in [0.25, 0.3) is 22.6 Å². The number of fused-ring (bicyclic) bond motifs is 1. The summed E-state index contributed by atoms with van der Waals surface area (Å²) in [4.78, 5) is 17.7. The fourth-order valence-corrected chi connectivity index (χ4v) is 4.19. The lowest BCUT2D eigenvalue weighted by atomic mass is 9.98. The van der Waals surface area contributed by atoms with Gasteiger partial charge >= 0.3 is 0 Å². The highest BCUT2D eigenvalue weighted by atomic mass is 35.5. The molecule has 6 heteroatoms. The average molecular weight is 511 g/mol. The summed E-state index contributed by atoms with van der Waals surface area (Å²) in [5.41, 5.74) is 5.47. The molecular formula is C31H27ClN2O3. The SMILES string of the molecule is CC[C@H](C)c1ccc2oc(-c3ccc(Cl)c(NC(=O)c4cccc(OCc5ccccc5)c4)c3)nc2c1. The minimum absolute atomic E-state index is 0.292. The Labute approximate surface area is 221 Å². The van der Waals surface area contributed by atoms with Crippen molar-refractivity contribution in [3.05, 3.63) is 113 Å². The van der Waals surface area contributed by atoms with E-state index in [1.165, 1.54) is 5.56 Å². The summed E-state index contributed by atoms with van der Waals surface area (Å²) in [6, 6.07) is 28.4. The number of benzene rings is 4. The second-order valence-corrected chi connectivity index (χ2v) is 9.41. The Bertz CT molecular complexity index is 1550. The summed E-state index contributed by atoms with van der Waals surface area (Å²) in [6.07, 6.45) is 1.05. The van der Waals surface area contributed by atoms with Gasteiger partial charge in [0.2, 0.25) is 5.89 Å². The van der Waals surface area contributed by atoms with Crippen molar-refractivity contribution >= 4 is 34.3 Å². The van der Waals surface area contributed by atoms with E-state index in [2.05, 4.69) is 36.3 Å². The number of carbonyl (C=O) groups is 1. The van der Waals surface area contributed by atoms with Gasteiger partial charge in [0.25, 0.3) is 5.91 Å². The summed E-state index contributed by atoms with van der Waals surface area (Å²) in [5.74, 6) is 1.24. The molecule has 37 heavy (non-hydrogen) atoms. The molecule has 0 saturated carbocycles. The lowest BCUT2D eigenvalue weighted by Crippen LogP contribution is -2.12. The molecule has 0 spiro atoms. The Morgan fingerprint density at radius 3 is 2.65 bits per heavy atom. The van der Waals surface area contributed by atoms with E-state index in [-0.39, 0.29) is 5.91 Å². The predicted molar refractivity (Wildman–Crippen MR) is 148 cm³/mol. The number of oxazole rings is 1.